The Kier molecular flexibility index (Phi) is 8.88. The lowest BCUT2D eigenvalue weighted by molar-refractivity contribution is -0.104. The van der Waals surface area contributed by atoms with Crippen LogP contribution < -0.4 is 5.73 Å². The highest BCUT2D eigenvalue weighted by Gasteiger charge is 2.21. The Morgan fingerprint density at radius 2 is 1.71 bits per heavy atom. The summed E-state index contributed by atoms with van der Waals surface area (Å²) >= 11 is 0. The molecule has 7 nitrogen and oxygen atoms in total. The van der Waals surface area contributed by atoms with Crippen molar-refractivity contribution in [2.75, 3.05) is 26.0 Å². The first-order chi connectivity index (χ1) is 13.4. The highest BCUT2D eigenvalue weighted by Crippen LogP contribution is 2.31. The van der Waals surface area contributed by atoms with Gasteiger partial charge in [-0.3, -0.25) is 4.79 Å². The Morgan fingerprint density at radius 3 is 2.14 bits per heavy atom. The maximum Gasteiger partial charge on any atom is 0.221 e. The van der Waals surface area contributed by atoms with Crippen LogP contribution in [0.5, 0.6) is 0 Å². The number of aliphatic hydroxyl groups excluding tert-OH is 2. The lowest BCUT2D eigenvalue weighted by Gasteiger charge is -2.18. The van der Waals surface area contributed by atoms with Gasteiger partial charge >= 0.3 is 0 Å². The second-order valence-corrected chi connectivity index (χ2v) is 5.48. The number of alkyl halides is 1. The van der Waals surface area contributed by atoms with E-state index in [0.29, 0.717) is 11.9 Å². The van der Waals surface area contributed by atoms with Crippen LogP contribution in [0.15, 0.2) is 55.8 Å². The summed E-state index contributed by atoms with van der Waals surface area (Å²) in [7, 11) is 1.63. The van der Waals surface area contributed by atoms with E-state index in [2.05, 4.69) is 23.1 Å². The fourth-order valence-electron chi connectivity index (χ4n) is 2.27. The quantitative estimate of drug-likeness (QED) is 0.245. The summed E-state index contributed by atoms with van der Waals surface area (Å²) in [6.07, 6.45) is 9.98. The van der Waals surface area contributed by atoms with E-state index < -0.39 is 6.67 Å². The van der Waals surface area contributed by atoms with Crippen LogP contribution in [0.4, 0.5) is 10.3 Å². The largest absolute Gasteiger partial charge is 0.506 e. The number of aliphatic hydroxyl groups is 2. The zero-order valence-corrected chi connectivity index (χ0v) is 15.5. The van der Waals surface area contributed by atoms with Crippen molar-refractivity contribution in [1.29, 1.82) is 0 Å². The molecule has 0 saturated carbocycles. The van der Waals surface area contributed by atoms with E-state index in [1.165, 1.54) is 47.6 Å². The number of hydrogen-bond donors (Lipinski definition) is 3. The van der Waals surface area contributed by atoms with Gasteiger partial charge in [-0.1, -0.05) is 25.3 Å². The smallest absolute Gasteiger partial charge is 0.221 e. The maximum absolute atomic E-state index is 12.7. The number of rotatable bonds is 10. The Bertz CT molecular complexity index is 812. The second kappa shape index (κ2) is 11.1. The van der Waals surface area contributed by atoms with E-state index in [1.807, 2.05) is 0 Å². The summed E-state index contributed by atoms with van der Waals surface area (Å²) in [5, 5.41) is 20.8. The minimum atomic E-state index is -0.598. The van der Waals surface area contributed by atoms with Crippen LogP contribution in [-0.4, -0.2) is 51.6 Å². The second-order valence-electron chi connectivity index (χ2n) is 5.48. The van der Waals surface area contributed by atoms with E-state index in [-0.39, 0.29) is 41.0 Å². The van der Waals surface area contributed by atoms with Crippen LogP contribution in [0.3, 0.4) is 0 Å². The number of nitrogen functional groups attached to an aromatic ring is 1. The molecule has 0 unspecified atom stereocenters. The molecule has 1 aromatic heterocycles. The van der Waals surface area contributed by atoms with Gasteiger partial charge in [0.15, 0.2) is 0 Å². The zero-order valence-electron chi connectivity index (χ0n) is 15.5. The number of anilines is 1. The normalized spacial score (nSPS) is 12.9. The molecule has 1 heterocycles. The van der Waals surface area contributed by atoms with Crippen molar-refractivity contribution in [1.82, 2.24) is 14.9 Å². The molecule has 0 bridgehead atoms. The first kappa shape index (κ1) is 22.4. The van der Waals surface area contributed by atoms with Gasteiger partial charge in [0.1, 0.15) is 35.9 Å². The van der Waals surface area contributed by atoms with Gasteiger partial charge < -0.3 is 20.8 Å². The summed E-state index contributed by atoms with van der Waals surface area (Å²) in [6, 6.07) is 0. The molecule has 0 fully saturated rings. The van der Waals surface area contributed by atoms with Crippen LogP contribution in [0, 0.1) is 0 Å². The van der Waals surface area contributed by atoms with Crippen molar-refractivity contribution in [3.8, 4) is 0 Å². The Labute approximate surface area is 163 Å². The zero-order chi connectivity index (χ0) is 21.1. The van der Waals surface area contributed by atoms with E-state index >= 15 is 0 Å². The Balaban J connectivity index is 3.96. The Hall–Kier alpha value is -3.68. The maximum atomic E-state index is 12.7. The molecule has 148 valence electrons. The lowest BCUT2D eigenvalue weighted by Crippen LogP contribution is -2.15. The highest BCUT2D eigenvalue weighted by molar-refractivity contribution is 5.88. The molecule has 0 aliphatic carbocycles. The number of halogens is 1. The van der Waals surface area contributed by atoms with Gasteiger partial charge in [0.2, 0.25) is 5.95 Å². The molecule has 8 heteroatoms. The third-order valence-electron chi connectivity index (χ3n) is 3.40. The van der Waals surface area contributed by atoms with Gasteiger partial charge in [0.25, 0.3) is 0 Å². The molecule has 0 saturated heterocycles. The third-order valence-corrected chi connectivity index (χ3v) is 3.40. The number of carbonyl (C=O) groups is 1. The average Bonchev–Trinajstić information content (AvgIpc) is 2.65. The van der Waals surface area contributed by atoms with Crippen LogP contribution in [-0.2, 0) is 4.79 Å². The number of hydrogen-bond acceptors (Lipinski definition) is 7. The van der Waals surface area contributed by atoms with E-state index in [0.717, 1.165) is 0 Å². The first-order valence-corrected chi connectivity index (χ1v) is 8.21. The average molecular weight is 386 g/mol. The number of allylic oxidation sites excluding steroid dienone is 7. The molecular formula is C20H23FN4O3. The number of carbonyl (C=O) groups excluding carboxylic acids is 1. The van der Waals surface area contributed by atoms with Crippen molar-refractivity contribution < 1.29 is 19.4 Å². The van der Waals surface area contributed by atoms with Crippen molar-refractivity contribution in [3.05, 3.63) is 72.8 Å². The van der Waals surface area contributed by atoms with Gasteiger partial charge in [0, 0.05) is 30.9 Å². The van der Waals surface area contributed by atoms with Crippen molar-refractivity contribution >= 4 is 29.3 Å². The molecule has 1 aromatic rings. The van der Waals surface area contributed by atoms with Crippen molar-refractivity contribution in [2.24, 2.45) is 0 Å². The molecule has 0 aliphatic heterocycles. The van der Waals surface area contributed by atoms with Crippen LogP contribution in [0.25, 0.3) is 17.1 Å². The SMILES string of the molecule is C=C/C=C(\O)c1nc(N)nc(/C(O)=C/C=C)c1C(/C=C\C=O)=C/N(C)CCF. The number of nitrogens with zero attached hydrogens (tertiary/aromatic N) is 3. The monoisotopic (exact) mass is 386 g/mol. The predicted octanol–water partition coefficient (Wildman–Crippen LogP) is 3.23. The molecule has 0 aliphatic rings. The van der Waals surface area contributed by atoms with Crippen molar-refractivity contribution in [3.63, 3.8) is 0 Å². The van der Waals surface area contributed by atoms with E-state index in [1.54, 1.807) is 7.05 Å². The first-order valence-electron chi connectivity index (χ1n) is 8.21. The summed E-state index contributed by atoms with van der Waals surface area (Å²) in [6.45, 7) is 6.53. The summed E-state index contributed by atoms with van der Waals surface area (Å²) in [5.74, 6) is -0.770. The summed E-state index contributed by atoms with van der Waals surface area (Å²) < 4.78 is 12.7. The fourth-order valence-corrected chi connectivity index (χ4v) is 2.27. The van der Waals surface area contributed by atoms with Crippen molar-refractivity contribution in [2.45, 2.75) is 0 Å². The highest BCUT2D eigenvalue weighted by atomic mass is 19.1. The fraction of sp³-hybridized carbons (Fsp3) is 0.150. The molecule has 0 atom stereocenters. The molecule has 0 radical (unpaired) electrons. The Morgan fingerprint density at radius 1 is 1.18 bits per heavy atom. The predicted molar refractivity (Wildman–Crippen MR) is 110 cm³/mol. The van der Waals surface area contributed by atoms with Gasteiger partial charge in [-0.25, -0.2) is 14.4 Å². The van der Waals surface area contributed by atoms with Gasteiger partial charge in [-0.05, 0) is 24.3 Å². The molecule has 28 heavy (non-hydrogen) atoms. The van der Waals surface area contributed by atoms with Gasteiger partial charge in [-0.15, -0.1) is 0 Å². The van der Waals surface area contributed by atoms with Crippen LogP contribution >= 0.6 is 0 Å². The molecular weight excluding hydrogens is 363 g/mol. The molecule has 0 aromatic carbocycles. The number of nitrogens with two attached hydrogens (primary N) is 1. The van der Waals surface area contributed by atoms with Gasteiger partial charge in [-0.2, -0.15) is 0 Å². The minimum Gasteiger partial charge on any atom is -0.506 e. The molecule has 4 N–H and O–H groups in total. The van der Waals surface area contributed by atoms with E-state index in [4.69, 9.17) is 5.73 Å². The molecule has 0 amide bonds. The van der Waals surface area contributed by atoms with Gasteiger partial charge in [0.05, 0.1) is 0 Å². The molecule has 1 rings (SSSR count). The van der Waals surface area contributed by atoms with E-state index in [9.17, 15) is 19.4 Å². The molecule has 0 spiro atoms. The number of aldehydes is 1. The topological polar surface area (TPSA) is 113 Å². The van der Waals surface area contributed by atoms with Crippen LogP contribution in [0.2, 0.25) is 0 Å². The summed E-state index contributed by atoms with van der Waals surface area (Å²) in [5.41, 5.74) is 6.26. The standard InChI is InChI=1S/C20H23FN4O3/c1-4-7-15(27)18-17(14(9-6-12-26)13-25(3)11-10-21)19(16(28)8-5-2)24-20(22)23-18/h4-9,12-13,27-28H,1-2,10-11H2,3H3,(H2,22,23,24)/b9-6-,14-13+,15-7-,16-8-. The lowest BCUT2D eigenvalue weighted by atomic mass is 9.99. The third kappa shape index (κ3) is 5.94. The van der Waals surface area contributed by atoms with Crippen LogP contribution in [0.1, 0.15) is 17.0 Å². The minimum absolute atomic E-state index is 0.00172. The summed E-state index contributed by atoms with van der Waals surface area (Å²) in [4.78, 5) is 20.5. The number of aromatic nitrogens is 2.